The van der Waals surface area contributed by atoms with E-state index in [2.05, 4.69) is 31.1 Å². The Hall–Kier alpha value is -2.59. The van der Waals surface area contributed by atoms with E-state index in [4.69, 9.17) is 18.0 Å². The van der Waals surface area contributed by atoms with Gasteiger partial charge in [0.25, 0.3) is 17.0 Å². The zero-order valence-corrected chi connectivity index (χ0v) is 15.4. The second kappa shape index (κ2) is 7.34. The molecule has 3 aromatic heterocycles. The summed E-state index contributed by atoms with van der Waals surface area (Å²) in [7, 11) is 0. The van der Waals surface area contributed by atoms with E-state index in [1.807, 2.05) is 24.3 Å². The van der Waals surface area contributed by atoms with Crippen LogP contribution < -0.4 is 0 Å². The van der Waals surface area contributed by atoms with Crippen LogP contribution in [0, 0.1) is 0 Å². The Morgan fingerprint density at radius 2 is 2.00 bits per heavy atom. The molecule has 0 amide bonds. The van der Waals surface area contributed by atoms with Gasteiger partial charge in [-0.15, -0.1) is 10.2 Å². The predicted molar refractivity (Wildman–Crippen MR) is 94.2 cm³/mol. The van der Waals surface area contributed by atoms with E-state index in [1.165, 1.54) is 0 Å². The van der Waals surface area contributed by atoms with E-state index in [0.29, 0.717) is 21.2 Å². The molecule has 0 fully saturated rings. The standard InChI is InChI=1S/C16H10BrN3O5S/c17-12-6-5-11(23-12)15-20-19-13(25-15)7-22-14(21)8-26-16-18-9-3-1-2-4-10(9)24-16/h1-6H,7-8H2. The third-order valence-corrected chi connectivity index (χ3v) is 4.42. The molecule has 0 unspecified atom stereocenters. The summed E-state index contributed by atoms with van der Waals surface area (Å²) in [6.07, 6.45) is 0. The maximum absolute atomic E-state index is 11.9. The Labute approximate surface area is 159 Å². The highest BCUT2D eigenvalue weighted by molar-refractivity contribution is 9.10. The van der Waals surface area contributed by atoms with Crippen LogP contribution in [0.4, 0.5) is 0 Å². The van der Waals surface area contributed by atoms with Crippen molar-refractivity contribution in [2.45, 2.75) is 11.8 Å². The average molecular weight is 436 g/mol. The molecule has 0 spiro atoms. The largest absolute Gasteiger partial charge is 0.455 e. The number of carbonyl (C=O) groups excluding carboxylic acids is 1. The zero-order valence-electron chi connectivity index (χ0n) is 13.0. The molecule has 0 atom stereocenters. The Balaban J connectivity index is 1.29. The molecular formula is C16H10BrN3O5S. The monoisotopic (exact) mass is 435 g/mol. The lowest BCUT2D eigenvalue weighted by molar-refractivity contribution is -0.142. The third kappa shape index (κ3) is 3.81. The topological polar surface area (TPSA) is 104 Å². The van der Waals surface area contributed by atoms with Gasteiger partial charge in [-0.25, -0.2) is 4.98 Å². The summed E-state index contributed by atoms with van der Waals surface area (Å²) in [4.78, 5) is 16.1. The highest BCUT2D eigenvalue weighted by Gasteiger charge is 2.15. The van der Waals surface area contributed by atoms with Crippen molar-refractivity contribution in [3.05, 3.63) is 47.0 Å². The summed E-state index contributed by atoms with van der Waals surface area (Å²) in [5, 5.41) is 8.07. The van der Waals surface area contributed by atoms with Crippen LogP contribution >= 0.6 is 27.7 Å². The van der Waals surface area contributed by atoms with Gasteiger partial charge in [-0.05, 0) is 40.2 Å². The van der Waals surface area contributed by atoms with Gasteiger partial charge in [0.05, 0.1) is 0 Å². The number of rotatable bonds is 6. The van der Waals surface area contributed by atoms with Gasteiger partial charge < -0.3 is 18.0 Å². The number of fused-ring (bicyclic) bond motifs is 1. The molecule has 26 heavy (non-hydrogen) atoms. The first kappa shape index (κ1) is 16.9. The minimum Gasteiger partial charge on any atom is -0.455 e. The van der Waals surface area contributed by atoms with Crippen LogP contribution in [0.3, 0.4) is 0 Å². The number of oxazole rings is 1. The minimum absolute atomic E-state index is 0.0545. The number of benzene rings is 1. The van der Waals surface area contributed by atoms with Crippen molar-refractivity contribution >= 4 is 44.8 Å². The predicted octanol–water partition coefficient (Wildman–Crippen LogP) is 4.07. The second-order valence-corrected chi connectivity index (χ2v) is 6.71. The van der Waals surface area contributed by atoms with Crippen molar-refractivity contribution in [3.8, 4) is 11.7 Å². The second-order valence-electron chi connectivity index (χ2n) is 5.00. The van der Waals surface area contributed by atoms with Gasteiger partial charge in [0, 0.05) is 0 Å². The number of para-hydroxylation sites is 2. The average Bonchev–Trinajstić information content (AvgIpc) is 3.36. The van der Waals surface area contributed by atoms with Crippen LogP contribution in [-0.4, -0.2) is 26.9 Å². The maximum atomic E-state index is 11.9. The van der Waals surface area contributed by atoms with Gasteiger partial charge in [-0.1, -0.05) is 23.9 Å². The van der Waals surface area contributed by atoms with Gasteiger partial charge in [0.2, 0.25) is 0 Å². The van der Waals surface area contributed by atoms with Crippen molar-refractivity contribution in [2.24, 2.45) is 0 Å². The Kier molecular flexibility index (Phi) is 4.76. The lowest BCUT2D eigenvalue weighted by Crippen LogP contribution is -2.07. The highest BCUT2D eigenvalue weighted by atomic mass is 79.9. The van der Waals surface area contributed by atoms with Crippen LogP contribution in [-0.2, 0) is 16.1 Å². The summed E-state index contributed by atoms with van der Waals surface area (Å²) >= 11 is 4.35. The first-order chi connectivity index (χ1) is 12.7. The van der Waals surface area contributed by atoms with Gasteiger partial charge in [0.1, 0.15) is 11.3 Å². The molecule has 0 radical (unpaired) electrons. The Bertz CT molecular complexity index is 1020. The number of thioether (sulfide) groups is 1. The molecule has 0 N–H and O–H groups in total. The molecule has 4 aromatic rings. The number of aromatic nitrogens is 3. The van der Waals surface area contributed by atoms with Crippen LogP contribution in [0.15, 0.2) is 59.5 Å². The molecule has 0 saturated heterocycles. The number of furan rings is 1. The molecule has 0 bridgehead atoms. The molecule has 10 heteroatoms. The quantitative estimate of drug-likeness (QED) is 0.327. The van der Waals surface area contributed by atoms with Gasteiger partial charge >= 0.3 is 5.97 Å². The fraction of sp³-hybridized carbons (Fsp3) is 0.125. The smallest absolute Gasteiger partial charge is 0.316 e. The van der Waals surface area contributed by atoms with E-state index in [1.54, 1.807) is 12.1 Å². The Morgan fingerprint density at radius 3 is 2.81 bits per heavy atom. The normalized spacial score (nSPS) is 11.1. The summed E-state index contributed by atoms with van der Waals surface area (Å²) < 4.78 is 21.9. The fourth-order valence-electron chi connectivity index (χ4n) is 2.06. The molecule has 0 aliphatic heterocycles. The lowest BCUT2D eigenvalue weighted by Gasteiger charge is -1.99. The number of hydrogen-bond acceptors (Lipinski definition) is 9. The first-order valence-electron chi connectivity index (χ1n) is 7.39. The summed E-state index contributed by atoms with van der Waals surface area (Å²) in [6.45, 7) is -0.123. The number of hydrogen-bond donors (Lipinski definition) is 0. The zero-order chi connectivity index (χ0) is 17.9. The minimum atomic E-state index is -0.447. The number of carbonyl (C=O) groups is 1. The molecule has 8 nitrogen and oxygen atoms in total. The van der Waals surface area contributed by atoms with Gasteiger partial charge in [0.15, 0.2) is 22.6 Å². The first-order valence-corrected chi connectivity index (χ1v) is 9.17. The van der Waals surface area contributed by atoms with Crippen LogP contribution in [0.2, 0.25) is 0 Å². The molecule has 0 saturated carbocycles. The number of nitrogens with zero attached hydrogens (tertiary/aromatic N) is 3. The van der Waals surface area contributed by atoms with E-state index in [9.17, 15) is 4.79 Å². The fourth-order valence-corrected chi connectivity index (χ4v) is 3.00. The third-order valence-electron chi connectivity index (χ3n) is 3.20. The van der Waals surface area contributed by atoms with E-state index in [-0.39, 0.29) is 24.1 Å². The maximum Gasteiger partial charge on any atom is 0.316 e. The van der Waals surface area contributed by atoms with Gasteiger partial charge in [-0.2, -0.15) is 0 Å². The van der Waals surface area contributed by atoms with Crippen molar-refractivity contribution < 1.29 is 22.8 Å². The molecule has 3 heterocycles. The highest BCUT2D eigenvalue weighted by Crippen LogP contribution is 2.25. The summed E-state index contributed by atoms with van der Waals surface area (Å²) in [6, 6.07) is 10.8. The van der Waals surface area contributed by atoms with E-state index < -0.39 is 5.97 Å². The lowest BCUT2D eigenvalue weighted by atomic mass is 10.3. The molecular weight excluding hydrogens is 426 g/mol. The number of halogens is 1. The van der Waals surface area contributed by atoms with Crippen LogP contribution in [0.1, 0.15) is 5.89 Å². The van der Waals surface area contributed by atoms with E-state index in [0.717, 1.165) is 17.3 Å². The molecule has 0 aliphatic carbocycles. The van der Waals surface area contributed by atoms with Crippen molar-refractivity contribution in [1.29, 1.82) is 0 Å². The van der Waals surface area contributed by atoms with Crippen molar-refractivity contribution in [2.75, 3.05) is 5.75 Å². The molecule has 0 aliphatic rings. The van der Waals surface area contributed by atoms with Crippen LogP contribution in [0.5, 0.6) is 0 Å². The van der Waals surface area contributed by atoms with Gasteiger partial charge in [-0.3, -0.25) is 4.79 Å². The molecule has 1 aromatic carbocycles. The van der Waals surface area contributed by atoms with Crippen LogP contribution in [0.25, 0.3) is 22.8 Å². The SMILES string of the molecule is O=C(CSc1nc2ccccc2o1)OCc1nnc(-c2ccc(Br)o2)o1. The molecule has 4 rings (SSSR count). The van der Waals surface area contributed by atoms with E-state index >= 15 is 0 Å². The Morgan fingerprint density at radius 1 is 1.12 bits per heavy atom. The summed E-state index contributed by atoms with van der Waals surface area (Å²) in [5.74, 6) is 0.417. The van der Waals surface area contributed by atoms with Crippen molar-refractivity contribution in [1.82, 2.24) is 15.2 Å². The number of esters is 1. The van der Waals surface area contributed by atoms with Crippen molar-refractivity contribution in [3.63, 3.8) is 0 Å². The summed E-state index contributed by atoms with van der Waals surface area (Å²) in [5.41, 5.74) is 1.41. The molecule has 132 valence electrons. The number of ether oxygens (including phenoxy) is 1.